The summed E-state index contributed by atoms with van der Waals surface area (Å²) in [4.78, 5) is 22.8. The van der Waals surface area contributed by atoms with E-state index in [0.717, 1.165) is 0 Å². The van der Waals surface area contributed by atoms with Crippen LogP contribution >= 0.6 is 46.1 Å². The summed E-state index contributed by atoms with van der Waals surface area (Å²) < 4.78 is 2.89. The Balaban J connectivity index is 2.76. The van der Waals surface area contributed by atoms with Crippen molar-refractivity contribution in [2.45, 2.75) is 16.3 Å². The van der Waals surface area contributed by atoms with Gasteiger partial charge in [0.1, 0.15) is 6.61 Å². The Labute approximate surface area is 128 Å². The van der Waals surface area contributed by atoms with E-state index in [1.165, 1.54) is 18.3 Å². The molecule has 0 aliphatic heterocycles. The van der Waals surface area contributed by atoms with Crippen LogP contribution in [0.1, 0.15) is 12.5 Å². The predicted molar refractivity (Wildman–Crippen MR) is 74.1 cm³/mol. The van der Waals surface area contributed by atoms with E-state index >= 15 is 0 Å². The number of carbonyl (C=O) groups is 2. The fourth-order valence-electron chi connectivity index (χ4n) is 1.19. The normalized spacial score (nSPS) is 14.5. The van der Waals surface area contributed by atoms with Gasteiger partial charge in [-0.3, -0.25) is 0 Å². The Morgan fingerprint density at radius 1 is 1.47 bits per heavy atom. The highest BCUT2D eigenvalue weighted by atomic mass is 35.6. The van der Waals surface area contributed by atoms with Crippen LogP contribution in [0.25, 0.3) is 0 Å². The van der Waals surface area contributed by atoms with Gasteiger partial charge in [0.05, 0.1) is 0 Å². The third-order valence-electron chi connectivity index (χ3n) is 2.25. The van der Waals surface area contributed by atoms with Crippen LogP contribution in [0, 0.1) is 0 Å². The number of amides is 1. The molecule has 0 saturated heterocycles. The van der Waals surface area contributed by atoms with E-state index in [1.807, 2.05) is 0 Å². The summed E-state index contributed by atoms with van der Waals surface area (Å²) in [6, 6.07) is 1.59. The minimum absolute atomic E-state index is 0.427. The van der Waals surface area contributed by atoms with Crippen molar-refractivity contribution in [1.29, 1.82) is 0 Å². The maximum atomic E-state index is 11.5. The number of carboxylic acid groups (broad SMARTS) is 1. The topological polar surface area (TPSA) is 75.6 Å². The highest BCUT2D eigenvalue weighted by Gasteiger charge is 2.38. The molecule has 106 valence electrons. The van der Waals surface area contributed by atoms with Crippen LogP contribution in [-0.4, -0.2) is 27.6 Å². The number of carbonyl (C=O) groups excluding carboxylic acids is 1. The number of thiophene rings is 1. The van der Waals surface area contributed by atoms with Crippen LogP contribution in [0.2, 0.25) is 0 Å². The molecule has 2 N–H and O–H groups in total. The maximum Gasteiger partial charge on any atom is 0.408 e. The van der Waals surface area contributed by atoms with Crippen molar-refractivity contribution >= 4 is 58.2 Å². The summed E-state index contributed by atoms with van der Waals surface area (Å²) in [5, 5.41) is 14.8. The highest BCUT2D eigenvalue weighted by Crippen LogP contribution is 2.27. The van der Waals surface area contributed by atoms with Gasteiger partial charge in [-0.1, -0.05) is 34.8 Å². The number of halogens is 3. The zero-order valence-electron chi connectivity index (χ0n) is 9.65. The minimum Gasteiger partial charge on any atom is -0.479 e. The van der Waals surface area contributed by atoms with Crippen molar-refractivity contribution in [3.63, 3.8) is 0 Å². The van der Waals surface area contributed by atoms with Gasteiger partial charge < -0.3 is 15.2 Å². The minimum atomic E-state index is -1.75. The Morgan fingerprint density at radius 3 is 2.53 bits per heavy atom. The Kier molecular flexibility index (Phi) is 5.32. The fraction of sp³-hybridized carbons (Fsp3) is 0.400. The molecule has 5 nitrogen and oxygen atoms in total. The highest BCUT2D eigenvalue weighted by molar-refractivity contribution is 7.08. The van der Waals surface area contributed by atoms with Gasteiger partial charge in [-0.15, -0.1) is 0 Å². The van der Waals surface area contributed by atoms with Gasteiger partial charge in [-0.25, -0.2) is 9.59 Å². The van der Waals surface area contributed by atoms with Crippen LogP contribution in [0.15, 0.2) is 16.8 Å². The predicted octanol–water partition coefficient (Wildman–Crippen LogP) is 3.14. The summed E-state index contributed by atoms with van der Waals surface area (Å²) in [6.07, 6.45) is -0.984. The third-order valence-corrected chi connectivity index (χ3v) is 3.26. The molecule has 0 spiro atoms. The lowest BCUT2D eigenvalue weighted by atomic mass is 9.95. The molecular formula is C10H10Cl3NO4S. The SMILES string of the molecule is C[C@@](NC(=O)OCC(Cl)(Cl)Cl)(C(=O)O)c1ccsc1. The first-order valence-corrected chi connectivity index (χ1v) is 7.00. The summed E-state index contributed by atoms with van der Waals surface area (Å²) in [5.74, 6) is -1.23. The lowest BCUT2D eigenvalue weighted by Gasteiger charge is -2.25. The van der Waals surface area contributed by atoms with Gasteiger partial charge in [-0.05, 0) is 29.3 Å². The molecule has 1 aromatic rings. The van der Waals surface area contributed by atoms with Gasteiger partial charge >= 0.3 is 12.1 Å². The molecule has 1 amide bonds. The lowest BCUT2D eigenvalue weighted by molar-refractivity contribution is -0.144. The molecule has 0 fully saturated rings. The number of rotatable bonds is 4. The lowest BCUT2D eigenvalue weighted by Crippen LogP contribution is -2.49. The molecule has 9 heteroatoms. The number of alkyl carbamates (subject to hydrolysis) is 1. The Hall–Kier alpha value is -0.690. The van der Waals surface area contributed by atoms with E-state index in [0.29, 0.717) is 5.56 Å². The second-order valence-corrected chi connectivity index (χ2v) is 7.05. The van der Waals surface area contributed by atoms with Crippen molar-refractivity contribution in [2.24, 2.45) is 0 Å². The Bertz CT molecular complexity index is 460. The van der Waals surface area contributed by atoms with E-state index in [1.54, 1.807) is 16.8 Å². The Morgan fingerprint density at radius 2 is 2.11 bits per heavy atom. The fourth-order valence-corrected chi connectivity index (χ4v) is 2.11. The second kappa shape index (κ2) is 6.17. The largest absolute Gasteiger partial charge is 0.479 e. The van der Waals surface area contributed by atoms with Crippen molar-refractivity contribution in [2.75, 3.05) is 6.61 Å². The molecule has 0 aliphatic carbocycles. The van der Waals surface area contributed by atoms with Crippen LogP contribution in [-0.2, 0) is 15.1 Å². The summed E-state index contributed by atoms with van der Waals surface area (Å²) >= 11 is 17.6. The molecule has 0 aromatic carbocycles. The van der Waals surface area contributed by atoms with Crippen LogP contribution in [0.3, 0.4) is 0 Å². The number of carboxylic acids is 1. The zero-order valence-corrected chi connectivity index (χ0v) is 12.7. The third kappa shape index (κ3) is 4.72. The molecule has 0 bridgehead atoms. The average Bonchev–Trinajstić information content (AvgIpc) is 2.78. The molecule has 1 heterocycles. The molecule has 0 radical (unpaired) electrons. The number of ether oxygens (including phenoxy) is 1. The smallest absolute Gasteiger partial charge is 0.408 e. The second-order valence-electron chi connectivity index (χ2n) is 3.76. The quantitative estimate of drug-likeness (QED) is 0.821. The molecule has 0 unspecified atom stereocenters. The van der Waals surface area contributed by atoms with Crippen LogP contribution < -0.4 is 5.32 Å². The monoisotopic (exact) mass is 345 g/mol. The number of hydrogen-bond acceptors (Lipinski definition) is 4. The summed E-state index contributed by atoms with van der Waals surface area (Å²) in [5.41, 5.74) is -1.18. The van der Waals surface area contributed by atoms with E-state index in [2.05, 4.69) is 10.1 Å². The van der Waals surface area contributed by atoms with Crippen LogP contribution in [0.5, 0.6) is 0 Å². The van der Waals surface area contributed by atoms with E-state index in [-0.39, 0.29) is 0 Å². The molecule has 19 heavy (non-hydrogen) atoms. The number of nitrogens with one attached hydrogen (secondary N) is 1. The number of hydrogen-bond donors (Lipinski definition) is 2. The van der Waals surface area contributed by atoms with Crippen molar-refractivity contribution in [3.05, 3.63) is 22.4 Å². The van der Waals surface area contributed by atoms with Crippen molar-refractivity contribution in [1.82, 2.24) is 5.32 Å². The molecule has 1 aromatic heterocycles. The first-order valence-electron chi connectivity index (χ1n) is 4.93. The first kappa shape index (κ1) is 16.4. The number of alkyl halides is 3. The average molecular weight is 347 g/mol. The van der Waals surface area contributed by atoms with Crippen molar-refractivity contribution in [3.8, 4) is 0 Å². The molecule has 1 atom stereocenters. The zero-order chi connectivity index (χ0) is 14.7. The van der Waals surface area contributed by atoms with Gasteiger partial charge in [0, 0.05) is 0 Å². The van der Waals surface area contributed by atoms with E-state index in [4.69, 9.17) is 34.8 Å². The molecule has 0 aliphatic rings. The van der Waals surface area contributed by atoms with Gasteiger partial charge in [0.2, 0.25) is 3.79 Å². The number of aliphatic carboxylic acids is 1. The molecule has 0 saturated carbocycles. The van der Waals surface area contributed by atoms with Gasteiger partial charge in [0.15, 0.2) is 5.54 Å². The van der Waals surface area contributed by atoms with Gasteiger partial charge in [-0.2, -0.15) is 11.3 Å². The van der Waals surface area contributed by atoms with E-state index in [9.17, 15) is 14.7 Å². The van der Waals surface area contributed by atoms with Crippen LogP contribution in [0.4, 0.5) is 4.79 Å². The maximum absolute atomic E-state index is 11.5. The molecule has 1 rings (SSSR count). The summed E-state index contributed by atoms with van der Waals surface area (Å²) in [7, 11) is 0. The summed E-state index contributed by atoms with van der Waals surface area (Å²) in [6.45, 7) is 0.858. The standard InChI is InChI=1S/C10H10Cl3NO4S/c1-9(7(15)16,6-2-3-19-4-6)14-8(17)18-5-10(11,12)13/h2-4H,5H2,1H3,(H,14,17)(H,15,16)/t9-/m0/s1. The van der Waals surface area contributed by atoms with E-state index < -0.39 is 28.0 Å². The van der Waals surface area contributed by atoms with Gasteiger partial charge in [0.25, 0.3) is 0 Å². The van der Waals surface area contributed by atoms with Crippen molar-refractivity contribution < 1.29 is 19.4 Å². The molecular weight excluding hydrogens is 337 g/mol. The first-order chi connectivity index (χ1) is 8.65.